The summed E-state index contributed by atoms with van der Waals surface area (Å²) in [5, 5.41) is 0.0228. The summed E-state index contributed by atoms with van der Waals surface area (Å²) in [5.74, 6) is 0. The lowest BCUT2D eigenvalue weighted by atomic mass is 9.95. The van der Waals surface area contributed by atoms with E-state index in [-0.39, 0.29) is 0 Å². The first kappa shape index (κ1) is 13.6. The van der Waals surface area contributed by atoms with Gasteiger partial charge in [0.05, 0.1) is 0 Å². The molecule has 0 nitrogen and oxygen atoms in total. The maximum absolute atomic E-state index is 6.28. The highest BCUT2D eigenvalue weighted by Crippen LogP contribution is 2.51. The Morgan fingerprint density at radius 1 is 1.00 bits per heavy atom. The summed E-state index contributed by atoms with van der Waals surface area (Å²) in [6.45, 7) is 0. The summed E-state index contributed by atoms with van der Waals surface area (Å²) in [5.41, 5.74) is 1.40. The Labute approximate surface area is 125 Å². The molecule has 0 saturated carbocycles. The summed E-state index contributed by atoms with van der Waals surface area (Å²) in [7, 11) is 0. The van der Waals surface area contributed by atoms with Crippen molar-refractivity contribution >= 4 is 63.6 Å². The van der Waals surface area contributed by atoms with Crippen LogP contribution in [0.2, 0.25) is 0 Å². The van der Waals surface area contributed by atoms with Gasteiger partial charge in [-0.2, -0.15) is 0 Å². The van der Waals surface area contributed by atoms with Gasteiger partial charge < -0.3 is 0 Å². The van der Waals surface area contributed by atoms with Crippen molar-refractivity contribution in [2.45, 2.75) is 9.71 Å². The van der Waals surface area contributed by atoms with E-state index in [1.165, 1.54) is 0 Å². The van der Waals surface area contributed by atoms with Gasteiger partial charge in [0.15, 0.2) is 4.33 Å². The Balaban J connectivity index is 2.61. The van der Waals surface area contributed by atoms with Crippen LogP contribution >= 0.6 is 58.0 Å². The van der Waals surface area contributed by atoms with Crippen LogP contribution in [-0.4, -0.2) is 9.71 Å². The summed E-state index contributed by atoms with van der Waals surface area (Å²) >= 11 is 30.8. The van der Waals surface area contributed by atoms with Gasteiger partial charge in [-0.05, 0) is 11.6 Å². The van der Waals surface area contributed by atoms with E-state index in [1.807, 2.05) is 30.3 Å². The summed E-state index contributed by atoms with van der Waals surface area (Å²) < 4.78 is -1.34. The van der Waals surface area contributed by atoms with Crippen molar-refractivity contribution in [2.24, 2.45) is 0 Å². The predicted octanol–water partition coefficient (Wildman–Crippen LogP) is 5.55. The van der Waals surface area contributed by atoms with E-state index in [2.05, 4.69) is 0 Å². The van der Waals surface area contributed by atoms with Crippen molar-refractivity contribution in [1.82, 2.24) is 0 Å². The van der Waals surface area contributed by atoms with Crippen LogP contribution in [0.3, 0.4) is 0 Å². The van der Waals surface area contributed by atoms with Gasteiger partial charge in [-0.25, -0.2) is 0 Å². The molecule has 0 spiro atoms. The Morgan fingerprint density at radius 3 is 2.18 bits per heavy atom. The highest BCUT2D eigenvalue weighted by atomic mass is 35.5. The predicted molar refractivity (Wildman–Crippen MR) is 77.2 cm³/mol. The van der Waals surface area contributed by atoms with E-state index in [0.717, 1.165) is 5.56 Å². The Hall–Kier alpha value is 0.150. The monoisotopic (exact) mass is 326 g/mol. The molecule has 5 heteroatoms. The van der Waals surface area contributed by atoms with Crippen LogP contribution in [0.25, 0.3) is 5.57 Å². The van der Waals surface area contributed by atoms with Crippen molar-refractivity contribution in [1.29, 1.82) is 0 Å². The van der Waals surface area contributed by atoms with Crippen LogP contribution in [0.1, 0.15) is 5.56 Å². The number of hydrogen-bond acceptors (Lipinski definition) is 0. The number of hydrogen-bond donors (Lipinski definition) is 0. The third-order valence-electron chi connectivity index (χ3n) is 2.46. The molecule has 1 aliphatic rings. The largest absolute Gasteiger partial charge is 0.166 e. The Bertz CT molecular complexity index is 487. The summed E-state index contributed by atoms with van der Waals surface area (Å²) in [6.07, 6.45) is 1.58. The molecule has 0 bridgehead atoms. The SMILES string of the molecule is ClC1=CC(Cl)=C(c2ccccc2)C(Cl)(Cl)C1Cl. The van der Waals surface area contributed by atoms with E-state index >= 15 is 0 Å². The molecule has 1 aromatic rings. The second-order valence-corrected chi connectivity index (χ2v) is 6.27. The van der Waals surface area contributed by atoms with E-state index in [1.54, 1.807) is 6.08 Å². The average molecular weight is 328 g/mol. The molecule has 1 unspecified atom stereocenters. The average Bonchev–Trinajstić information content (AvgIpc) is 2.27. The molecule has 0 N–H and O–H groups in total. The van der Waals surface area contributed by atoms with E-state index in [0.29, 0.717) is 15.6 Å². The molecule has 2 rings (SSSR count). The highest BCUT2D eigenvalue weighted by molar-refractivity contribution is 6.61. The Kier molecular flexibility index (Phi) is 4.02. The highest BCUT2D eigenvalue weighted by Gasteiger charge is 2.43. The standard InChI is InChI=1S/C12H7Cl5/c13-8-6-9(14)11(15)12(16,17)10(8)7-4-2-1-3-5-7/h1-6,11H. The third kappa shape index (κ3) is 2.47. The van der Waals surface area contributed by atoms with Crippen LogP contribution in [0.15, 0.2) is 46.5 Å². The molecule has 0 amide bonds. The molecule has 90 valence electrons. The van der Waals surface area contributed by atoms with Gasteiger partial charge in [0.25, 0.3) is 0 Å². The maximum Gasteiger partial charge on any atom is 0.166 e. The van der Waals surface area contributed by atoms with Crippen molar-refractivity contribution in [3.63, 3.8) is 0 Å². The molecule has 0 aromatic heterocycles. The first-order valence-corrected chi connectivity index (χ1v) is 6.74. The quantitative estimate of drug-likeness (QED) is 0.593. The topological polar surface area (TPSA) is 0 Å². The lowest BCUT2D eigenvalue weighted by Crippen LogP contribution is -2.31. The number of benzene rings is 1. The zero-order chi connectivity index (χ0) is 12.6. The molecule has 0 fully saturated rings. The number of allylic oxidation sites excluding steroid dienone is 4. The zero-order valence-corrected chi connectivity index (χ0v) is 12.2. The molecule has 1 aliphatic carbocycles. The van der Waals surface area contributed by atoms with Crippen LogP contribution < -0.4 is 0 Å². The molecule has 0 saturated heterocycles. The fraction of sp³-hybridized carbons (Fsp3) is 0.167. The lowest BCUT2D eigenvalue weighted by Gasteiger charge is -2.32. The normalized spacial score (nSPS) is 23.6. The molecular formula is C12H7Cl5. The number of alkyl halides is 3. The molecule has 1 atom stereocenters. The second kappa shape index (κ2) is 5.03. The molecule has 0 radical (unpaired) electrons. The van der Waals surface area contributed by atoms with Crippen molar-refractivity contribution in [2.75, 3.05) is 0 Å². The molecule has 1 aromatic carbocycles. The molecule has 17 heavy (non-hydrogen) atoms. The fourth-order valence-corrected chi connectivity index (χ4v) is 3.40. The van der Waals surface area contributed by atoms with E-state index in [9.17, 15) is 0 Å². The van der Waals surface area contributed by atoms with Gasteiger partial charge in [-0.1, -0.05) is 76.7 Å². The Morgan fingerprint density at radius 2 is 1.59 bits per heavy atom. The first-order chi connectivity index (χ1) is 7.94. The van der Waals surface area contributed by atoms with E-state index in [4.69, 9.17) is 58.0 Å². The molecular weight excluding hydrogens is 321 g/mol. The number of rotatable bonds is 1. The minimum absolute atomic E-state index is 0.335. The first-order valence-electron chi connectivity index (χ1n) is 4.79. The summed E-state index contributed by atoms with van der Waals surface area (Å²) in [4.78, 5) is 0. The molecule has 0 heterocycles. The van der Waals surface area contributed by atoms with Gasteiger partial charge in [0.1, 0.15) is 5.38 Å². The maximum atomic E-state index is 6.28. The number of halogens is 5. The molecule has 0 aliphatic heterocycles. The third-order valence-corrected chi connectivity index (χ3v) is 4.80. The van der Waals surface area contributed by atoms with E-state index < -0.39 is 9.71 Å². The van der Waals surface area contributed by atoms with Crippen LogP contribution in [0, 0.1) is 0 Å². The van der Waals surface area contributed by atoms with Crippen molar-refractivity contribution < 1.29 is 0 Å². The zero-order valence-electron chi connectivity index (χ0n) is 8.43. The van der Waals surface area contributed by atoms with Gasteiger partial charge in [0.2, 0.25) is 0 Å². The van der Waals surface area contributed by atoms with Crippen LogP contribution in [0.5, 0.6) is 0 Å². The smallest absolute Gasteiger partial charge is 0.113 e. The van der Waals surface area contributed by atoms with Crippen molar-refractivity contribution in [3.8, 4) is 0 Å². The van der Waals surface area contributed by atoms with Gasteiger partial charge in [0, 0.05) is 15.6 Å². The van der Waals surface area contributed by atoms with Gasteiger partial charge in [-0.3, -0.25) is 0 Å². The second-order valence-electron chi connectivity index (χ2n) is 3.60. The fourth-order valence-electron chi connectivity index (χ4n) is 1.66. The van der Waals surface area contributed by atoms with Crippen molar-refractivity contribution in [3.05, 3.63) is 52.0 Å². The lowest BCUT2D eigenvalue weighted by molar-refractivity contribution is 0.970. The minimum Gasteiger partial charge on any atom is -0.113 e. The van der Waals surface area contributed by atoms with Gasteiger partial charge in [-0.15, -0.1) is 11.6 Å². The van der Waals surface area contributed by atoms with Crippen LogP contribution in [-0.2, 0) is 0 Å². The van der Waals surface area contributed by atoms with Crippen LogP contribution in [0.4, 0.5) is 0 Å². The summed E-state index contributed by atoms with van der Waals surface area (Å²) in [6, 6.07) is 9.38. The minimum atomic E-state index is -1.34. The van der Waals surface area contributed by atoms with Gasteiger partial charge >= 0.3 is 0 Å².